The first kappa shape index (κ1) is 12.9. The molecule has 3 fully saturated rings. The Kier molecular flexibility index (Phi) is 3.02. The lowest BCUT2D eigenvalue weighted by Gasteiger charge is -2.41. The fourth-order valence-electron chi connectivity index (χ4n) is 4.87. The predicted molar refractivity (Wildman–Crippen MR) is 74.3 cm³/mol. The topological polar surface area (TPSA) is 35.2 Å². The van der Waals surface area contributed by atoms with Gasteiger partial charge in [-0.2, -0.15) is 0 Å². The van der Waals surface area contributed by atoms with E-state index >= 15 is 0 Å². The summed E-state index contributed by atoms with van der Waals surface area (Å²) in [6.07, 6.45) is 9.73. The van der Waals surface area contributed by atoms with Crippen molar-refractivity contribution < 1.29 is 4.74 Å². The summed E-state index contributed by atoms with van der Waals surface area (Å²) in [5.41, 5.74) is 6.95. The molecule has 0 saturated heterocycles. The Morgan fingerprint density at radius 3 is 2.39 bits per heavy atom. The molecular formula is C16H29NO. The molecular weight excluding hydrogens is 222 g/mol. The monoisotopic (exact) mass is 251 g/mol. The maximum absolute atomic E-state index is 6.52. The van der Waals surface area contributed by atoms with E-state index in [1.807, 2.05) is 0 Å². The van der Waals surface area contributed by atoms with Crippen LogP contribution >= 0.6 is 0 Å². The molecule has 3 aliphatic carbocycles. The minimum absolute atomic E-state index is 0.378. The molecule has 5 unspecified atom stereocenters. The quantitative estimate of drug-likeness (QED) is 0.815. The van der Waals surface area contributed by atoms with Gasteiger partial charge in [-0.1, -0.05) is 20.8 Å². The van der Waals surface area contributed by atoms with E-state index in [-0.39, 0.29) is 0 Å². The fraction of sp³-hybridized carbons (Fsp3) is 1.00. The lowest BCUT2D eigenvalue weighted by Crippen LogP contribution is -2.41. The zero-order valence-electron chi connectivity index (χ0n) is 12.2. The highest BCUT2D eigenvalue weighted by Crippen LogP contribution is 2.66. The van der Waals surface area contributed by atoms with Gasteiger partial charge < -0.3 is 10.5 Å². The molecule has 2 N–H and O–H groups in total. The first-order valence-corrected chi connectivity index (χ1v) is 7.84. The Bertz CT molecular complexity index is 327. The van der Waals surface area contributed by atoms with Crippen LogP contribution in [0.25, 0.3) is 0 Å². The third-order valence-electron chi connectivity index (χ3n) is 6.74. The highest BCUT2D eigenvalue weighted by molar-refractivity contribution is 5.11. The van der Waals surface area contributed by atoms with Gasteiger partial charge in [0.15, 0.2) is 0 Å². The van der Waals surface area contributed by atoms with Gasteiger partial charge in [0.25, 0.3) is 0 Å². The number of rotatable bonds is 2. The second-order valence-electron chi connectivity index (χ2n) is 7.78. The first-order chi connectivity index (χ1) is 8.43. The molecule has 0 aromatic heterocycles. The molecule has 3 rings (SSSR count). The van der Waals surface area contributed by atoms with E-state index in [1.54, 1.807) is 0 Å². The van der Waals surface area contributed by atoms with Crippen molar-refractivity contribution in [2.45, 2.75) is 84.0 Å². The van der Waals surface area contributed by atoms with Crippen LogP contribution in [0.4, 0.5) is 0 Å². The van der Waals surface area contributed by atoms with Crippen LogP contribution in [-0.4, -0.2) is 18.2 Å². The van der Waals surface area contributed by atoms with Gasteiger partial charge in [0.2, 0.25) is 0 Å². The highest BCUT2D eigenvalue weighted by atomic mass is 16.5. The summed E-state index contributed by atoms with van der Waals surface area (Å²) in [7, 11) is 0. The van der Waals surface area contributed by atoms with Gasteiger partial charge in [-0.15, -0.1) is 0 Å². The molecule has 0 radical (unpaired) electrons. The minimum atomic E-state index is 0.378. The van der Waals surface area contributed by atoms with E-state index in [4.69, 9.17) is 10.5 Å². The summed E-state index contributed by atoms with van der Waals surface area (Å²) in [5, 5.41) is 0. The largest absolute Gasteiger partial charge is 0.374 e. The van der Waals surface area contributed by atoms with Crippen molar-refractivity contribution in [3.63, 3.8) is 0 Å². The molecule has 0 heterocycles. The molecule has 3 aliphatic rings. The standard InChI is InChI=1S/C16H29NO/c1-15(2)11-7-8-16(15,3)14(9-11)18-13-6-4-5-12(17)10-13/h11-14H,4-10,17H2,1-3H3. The molecule has 0 spiro atoms. The molecule has 0 aromatic carbocycles. The SMILES string of the molecule is CC1(C)C2CCC1(C)C(OC1CCCC(N)C1)C2. The lowest BCUT2D eigenvalue weighted by atomic mass is 9.70. The van der Waals surface area contributed by atoms with Crippen LogP contribution in [0.5, 0.6) is 0 Å². The normalized spacial score (nSPS) is 50.7. The summed E-state index contributed by atoms with van der Waals surface area (Å²) in [6.45, 7) is 7.38. The van der Waals surface area contributed by atoms with Crippen molar-refractivity contribution >= 4 is 0 Å². The fourth-order valence-corrected chi connectivity index (χ4v) is 4.87. The van der Waals surface area contributed by atoms with Crippen LogP contribution in [0.1, 0.15) is 65.7 Å². The van der Waals surface area contributed by atoms with E-state index < -0.39 is 0 Å². The number of ether oxygens (including phenoxy) is 1. The van der Waals surface area contributed by atoms with Crippen molar-refractivity contribution in [3.05, 3.63) is 0 Å². The van der Waals surface area contributed by atoms with Gasteiger partial charge in [-0.25, -0.2) is 0 Å². The third kappa shape index (κ3) is 1.76. The van der Waals surface area contributed by atoms with E-state index in [0.717, 1.165) is 12.3 Å². The van der Waals surface area contributed by atoms with Gasteiger partial charge in [0.1, 0.15) is 0 Å². The van der Waals surface area contributed by atoms with Crippen LogP contribution in [0.15, 0.2) is 0 Å². The molecule has 0 amide bonds. The van der Waals surface area contributed by atoms with E-state index in [1.165, 1.54) is 38.5 Å². The van der Waals surface area contributed by atoms with Crippen LogP contribution in [0.3, 0.4) is 0 Å². The average molecular weight is 251 g/mol. The zero-order chi connectivity index (χ0) is 13.0. The van der Waals surface area contributed by atoms with Crippen LogP contribution in [0, 0.1) is 16.7 Å². The highest BCUT2D eigenvalue weighted by Gasteiger charge is 2.62. The molecule has 0 aromatic rings. The Hall–Kier alpha value is -0.0800. The molecule has 104 valence electrons. The van der Waals surface area contributed by atoms with Crippen molar-refractivity contribution in [3.8, 4) is 0 Å². The molecule has 18 heavy (non-hydrogen) atoms. The van der Waals surface area contributed by atoms with Gasteiger partial charge >= 0.3 is 0 Å². The summed E-state index contributed by atoms with van der Waals surface area (Å²) in [4.78, 5) is 0. The maximum atomic E-state index is 6.52. The summed E-state index contributed by atoms with van der Waals surface area (Å²) < 4.78 is 6.52. The van der Waals surface area contributed by atoms with E-state index in [2.05, 4.69) is 20.8 Å². The van der Waals surface area contributed by atoms with Crippen molar-refractivity contribution in [1.29, 1.82) is 0 Å². The average Bonchev–Trinajstić information content (AvgIpc) is 2.62. The summed E-state index contributed by atoms with van der Waals surface area (Å²) >= 11 is 0. The van der Waals surface area contributed by atoms with Crippen molar-refractivity contribution in [1.82, 2.24) is 0 Å². The molecule has 3 saturated carbocycles. The minimum Gasteiger partial charge on any atom is -0.374 e. The summed E-state index contributed by atoms with van der Waals surface area (Å²) in [6, 6.07) is 0.378. The maximum Gasteiger partial charge on any atom is 0.0640 e. The lowest BCUT2D eigenvalue weighted by molar-refractivity contribution is -0.0979. The molecule has 2 bridgehead atoms. The van der Waals surface area contributed by atoms with Gasteiger partial charge in [-0.3, -0.25) is 0 Å². The van der Waals surface area contributed by atoms with Crippen LogP contribution in [0.2, 0.25) is 0 Å². The Morgan fingerprint density at radius 1 is 1.06 bits per heavy atom. The van der Waals surface area contributed by atoms with Gasteiger partial charge in [0.05, 0.1) is 12.2 Å². The smallest absolute Gasteiger partial charge is 0.0640 e. The van der Waals surface area contributed by atoms with Crippen molar-refractivity contribution in [2.75, 3.05) is 0 Å². The van der Waals surface area contributed by atoms with E-state index in [9.17, 15) is 0 Å². The second kappa shape index (κ2) is 4.21. The Morgan fingerprint density at radius 2 is 1.83 bits per heavy atom. The summed E-state index contributed by atoms with van der Waals surface area (Å²) in [5.74, 6) is 0.879. The Labute approximate surface area is 112 Å². The number of hydrogen-bond donors (Lipinski definition) is 1. The predicted octanol–water partition coefficient (Wildman–Crippen LogP) is 3.49. The van der Waals surface area contributed by atoms with Gasteiger partial charge in [0, 0.05) is 6.04 Å². The molecule has 0 aliphatic heterocycles. The first-order valence-electron chi connectivity index (χ1n) is 7.84. The zero-order valence-corrected chi connectivity index (χ0v) is 12.2. The van der Waals surface area contributed by atoms with Crippen molar-refractivity contribution in [2.24, 2.45) is 22.5 Å². The number of hydrogen-bond acceptors (Lipinski definition) is 2. The van der Waals surface area contributed by atoms with Gasteiger partial charge in [-0.05, 0) is 61.7 Å². The Balaban J connectivity index is 1.68. The second-order valence-corrected chi connectivity index (χ2v) is 7.78. The number of fused-ring (bicyclic) bond motifs is 2. The molecule has 2 heteroatoms. The third-order valence-corrected chi connectivity index (χ3v) is 6.74. The molecule has 2 nitrogen and oxygen atoms in total. The van der Waals surface area contributed by atoms with Crippen LogP contribution in [-0.2, 0) is 4.74 Å². The molecule has 5 atom stereocenters. The van der Waals surface area contributed by atoms with Crippen LogP contribution < -0.4 is 5.73 Å². The number of nitrogens with two attached hydrogens (primary N) is 1. The van der Waals surface area contributed by atoms with E-state index in [0.29, 0.717) is 29.1 Å².